The highest BCUT2D eigenvalue weighted by Crippen LogP contribution is 2.26. The molecule has 1 N–H and O–H groups in total. The number of anilines is 1. The second kappa shape index (κ2) is 13.7. The van der Waals surface area contributed by atoms with Gasteiger partial charge in [-0.2, -0.15) is 0 Å². The molecule has 0 saturated heterocycles. The van der Waals surface area contributed by atoms with E-state index in [-0.39, 0.29) is 23.4 Å². The van der Waals surface area contributed by atoms with E-state index in [0.29, 0.717) is 18.0 Å². The Morgan fingerprint density at radius 3 is 2.20 bits per heavy atom. The van der Waals surface area contributed by atoms with Gasteiger partial charge >= 0.3 is 0 Å². The van der Waals surface area contributed by atoms with E-state index in [1.54, 1.807) is 49.4 Å². The molecule has 0 bridgehead atoms. The van der Waals surface area contributed by atoms with Crippen molar-refractivity contribution >= 4 is 27.5 Å². The molecule has 1 atom stereocenters. The first kappa shape index (κ1) is 30.1. The predicted molar refractivity (Wildman–Crippen MR) is 160 cm³/mol. The molecular weight excluding hydrogens is 538 g/mol. The average Bonchev–Trinajstić information content (AvgIpc) is 3.49. The minimum Gasteiger partial charge on any atom is -0.494 e. The summed E-state index contributed by atoms with van der Waals surface area (Å²) in [5.74, 6) is -0.156. The van der Waals surface area contributed by atoms with E-state index >= 15 is 0 Å². The van der Waals surface area contributed by atoms with Gasteiger partial charge in [-0.05, 0) is 75.6 Å². The second-order valence-corrected chi connectivity index (χ2v) is 12.3. The number of nitrogens with one attached hydrogen (secondary N) is 1. The van der Waals surface area contributed by atoms with Gasteiger partial charge in [-0.1, -0.05) is 60.9 Å². The molecule has 1 unspecified atom stereocenters. The lowest BCUT2D eigenvalue weighted by Crippen LogP contribution is -2.52. The zero-order chi connectivity index (χ0) is 29.4. The van der Waals surface area contributed by atoms with Gasteiger partial charge < -0.3 is 15.0 Å². The summed E-state index contributed by atoms with van der Waals surface area (Å²) >= 11 is 0. The molecule has 0 aromatic heterocycles. The van der Waals surface area contributed by atoms with Crippen LogP contribution in [0.3, 0.4) is 0 Å². The molecule has 3 aromatic rings. The number of hydrogen-bond acceptors (Lipinski definition) is 5. The van der Waals surface area contributed by atoms with Gasteiger partial charge in [0.15, 0.2) is 0 Å². The highest BCUT2D eigenvalue weighted by atomic mass is 32.2. The SMILES string of the molecule is CCOc1ccc(S(=O)(=O)N(CC(=O)N(Cc2ccc(C)cc2)C(C)C(=O)NC2CCCC2)c2ccccc2)cc1. The lowest BCUT2D eigenvalue weighted by Gasteiger charge is -2.32. The van der Waals surface area contributed by atoms with Gasteiger partial charge in [0.25, 0.3) is 10.0 Å². The minimum atomic E-state index is -4.13. The smallest absolute Gasteiger partial charge is 0.264 e. The Labute approximate surface area is 243 Å². The summed E-state index contributed by atoms with van der Waals surface area (Å²) in [5.41, 5.74) is 2.29. The molecule has 0 radical (unpaired) electrons. The minimum absolute atomic E-state index is 0.0368. The lowest BCUT2D eigenvalue weighted by molar-refractivity contribution is -0.139. The third kappa shape index (κ3) is 7.67. The molecule has 41 heavy (non-hydrogen) atoms. The molecular formula is C32H39N3O5S. The number of benzene rings is 3. The first-order valence-electron chi connectivity index (χ1n) is 14.1. The Morgan fingerprint density at radius 2 is 1.59 bits per heavy atom. The molecule has 4 rings (SSSR count). The summed E-state index contributed by atoms with van der Waals surface area (Å²) in [6.07, 6.45) is 3.99. The van der Waals surface area contributed by atoms with Crippen LogP contribution < -0.4 is 14.4 Å². The van der Waals surface area contributed by atoms with Gasteiger partial charge in [-0.15, -0.1) is 0 Å². The van der Waals surface area contributed by atoms with Gasteiger partial charge in [0.2, 0.25) is 11.8 Å². The maximum Gasteiger partial charge on any atom is 0.264 e. The van der Waals surface area contributed by atoms with E-state index < -0.39 is 28.5 Å². The van der Waals surface area contributed by atoms with Crippen molar-refractivity contribution in [2.45, 2.75) is 70.0 Å². The fourth-order valence-corrected chi connectivity index (χ4v) is 6.40. The number of sulfonamides is 1. The van der Waals surface area contributed by atoms with Crippen LogP contribution in [0.1, 0.15) is 50.7 Å². The van der Waals surface area contributed by atoms with E-state index in [4.69, 9.17) is 4.74 Å². The largest absolute Gasteiger partial charge is 0.494 e. The summed E-state index contributed by atoms with van der Waals surface area (Å²) in [6.45, 7) is 5.69. The molecule has 3 aromatic carbocycles. The van der Waals surface area contributed by atoms with E-state index in [1.165, 1.54) is 17.0 Å². The Kier molecular flexibility index (Phi) is 10.0. The van der Waals surface area contributed by atoms with E-state index in [2.05, 4.69) is 5.32 Å². The standard InChI is InChI=1S/C32H39N3O5S/c1-4-40-29-18-20-30(21-19-29)41(38,39)35(28-12-6-5-7-13-28)23-31(36)34(22-26-16-14-24(2)15-17-26)25(3)32(37)33-27-10-8-9-11-27/h5-7,12-21,25,27H,4,8-11,22-23H2,1-3H3,(H,33,37). The van der Waals surface area contributed by atoms with Crippen molar-refractivity contribution in [1.82, 2.24) is 10.2 Å². The molecule has 218 valence electrons. The van der Waals surface area contributed by atoms with Crippen molar-refractivity contribution in [3.8, 4) is 5.75 Å². The van der Waals surface area contributed by atoms with Crippen LogP contribution >= 0.6 is 0 Å². The topological polar surface area (TPSA) is 96.0 Å². The lowest BCUT2D eigenvalue weighted by atomic mass is 10.1. The van der Waals surface area contributed by atoms with Crippen LogP contribution in [-0.2, 0) is 26.2 Å². The van der Waals surface area contributed by atoms with Crippen LogP contribution in [0.2, 0.25) is 0 Å². The highest BCUT2D eigenvalue weighted by Gasteiger charge is 2.33. The molecule has 0 heterocycles. The third-order valence-corrected chi connectivity index (χ3v) is 9.18. The van der Waals surface area contributed by atoms with E-state index in [0.717, 1.165) is 41.1 Å². The van der Waals surface area contributed by atoms with Crippen LogP contribution in [0.25, 0.3) is 0 Å². The molecule has 8 nitrogen and oxygen atoms in total. The Hall–Kier alpha value is -3.85. The Balaban J connectivity index is 1.65. The number of carbonyl (C=O) groups is 2. The number of amides is 2. The molecule has 1 aliphatic rings. The molecule has 2 amide bonds. The number of para-hydroxylation sites is 1. The van der Waals surface area contributed by atoms with Crippen LogP contribution in [0.4, 0.5) is 5.69 Å². The predicted octanol–water partition coefficient (Wildman–Crippen LogP) is 5.07. The molecule has 1 saturated carbocycles. The summed E-state index contributed by atoms with van der Waals surface area (Å²) in [5, 5.41) is 3.09. The van der Waals surface area contributed by atoms with Gasteiger partial charge in [0, 0.05) is 12.6 Å². The molecule has 1 aliphatic carbocycles. The molecule has 9 heteroatoms. The van der Waals surface area contributed by atoms with Gasteiger partial charge in [0.1, 0.15) is 18.3 Å². The first-order valence-corrected chi connectivity index (χ1v) is 15.6. The number of ether oxygens (including phenoxy) is 1. The second-order valence-electron chi connectivity index (χ2n) is 10.4. The van der Waals surface area contributed by atoms with E-state index in [1.807, 2.05) is 38.1 Å². The van der Waals surface area contributed by atoms with Crippen molar-refractivity contribution in [2.75, 3.05) is 17.5 Å². The quantitative estimate of drug-likeness (QED) is 0.325. The average molecular weight is 578 g/mol. The maximum absolute atomic E-state index is 14.0. The highest BCUT2D eigenvalue weighted by molar-refractivity contribution is 7.92. The van der Waals surface area contributed by atoms with Gasteiger partial charge in [-0.25, -0.2) is 8.42 Å². The fourth-order valence-electron chi connectivity index (χ4n) is 4.99. The third-order valence-electron chi connectivity index (χ3n) is 7.39. The number of nitrogens with zero attached hydrogens (tertiary/aromatic N) is 2. The van der Waals surface area contributed by atoms with Crippen LogP contribution in [0, 0.1) is 6.92 Å². The summed E-state index contributed by atoms with van der Waals surface area (Å²) in [4.78, 5) is 28.8. The van der Waals surface area contributed by atoms with Crippen molar-refractivity contribution in [3.63, 3.8) is 0 Å². The molecule has 0 spiro atoms. The van der Waals surface area contributed by atoms with Crippen LogP contribution in [0.5, 0.6) is 5.75 Å². The number of hydrogen-bond donors (Lipinski definition) is 1. The van der Waals surface area contributed by atoms with E-state index in [9.17, 15) is 18.0 Å². The number of carbonyl (C=O) groups excluding carboxylic acids is 2. The van der Waals surface area contributed by atoms with Crippen LogP contribution in [0.15, 0.2) is 83.8 Å². The monoisotopic (exact) mass is 577 g/mol. The van der Waals surface area contributed by atoms with Gasteiger partial charge in [-0.3, -0.25) is 13.9 Å². The maximum atomic E-state index is 14.0. The fraction of sp³-hybridized carbons (Fsp3) is 0.375. The Bertz CT molecular complexity index is 1400. The van der Waals surface area contributed by atoms with Crippen molar-refractivity contribution < 1.29 is 22.7 Å². The normalized spacial score (nSPS) is 14.3. The first-order chi connectivity index (χ1) is 19.7. The number of rotatable bonds is 12. The summed E-state index contributed by atoms with van der Waals surface area (Å²) in [7, 11) is -4.13. The molecule has 0 aliphatic heterocycles. The molecule has 1 fully saturated rings. The zero-order valence-corrected chi connectivity index (χ0v) is 24.8. The van der Waals surface area contributed by atoms with Gasteiger partial charge in [0.05, 0.1) is 17.2 Å². The van der Waals surface area contributed by atoms with Crippen molar-refractivity contribution in [2.24, 2.45) is 0 Å². The summed E-state index contributed by atoms with van der Waals surface area (Å²) < 4.78 is 34.4. The Morgan fingerprint density at radius 1 is 0.951 bits per heavy atom. The van der Waals surface area contributed by atoms with Crippen molar-refractivity contribution in [1.29, 1.82) is 0 Å². The number of aryl methyl sites for hydroxylation is 1. The van der Waals surface area contributed by atoms with Crippen molar-refractivity contribution in [3.05, 3.63) is 90.0 Å². The van der Waals surface area contributed by atoms with Crippen LogP contribution in [-0.4, -0.2) is 50.4 Å². The summed E-state index contributed by atoms with van der Waals surface area (Å²) in [6, 6.07) is 21.7. The zero-order valence-electron chi connectivity index (χ0n) is 24.0.